The first-order valence-electron chi connectivity index (χ1n) is 11.6. The molecule has 2 aromatic rings. The largest absolute Gasteiger partial charge is 0.507 e. The molecule has 0 aromatic heterocycles. The number of nitrogens with one attached hydrogen (secondary N) is 1. The van der Waals surface area contributed by atoms with Crippen molar-refractivity contribution in [1.29, 1.82) is 0 Å². The third-order valence-electron chi connectivity index (χ3n) is 6.41. The van der Waals surface area contributed by atoms with Crippen molar-refractivity contribution in [2.45, 2.75) is 70.1 Å². The lowest BCUT2D eigenvalue weighted by Crippen LogP contribution is -2.20. The van der Waals surface area contributed by atoms with Gasteiger partial charge in [0, 0.05) is 17.2 Å². The predicted molar refractivity (Wildman–Crippen MR) is 134 cm³/mol. The van der Waals surface area contributed by atoms with Gasteiger partial charge in [0.2, 0.25) is 0 Å². The van der Waals surface area contributed by atoms with Crippen LogP contribution in [-0.4, -0.2) is 18.6 Å². The van der Waals surface area contributed by atoms with Gasteiger partial charge in [-0.2, -0.15) is 0 Å². The number of hydrogen-bond acceptors (Lipinski definition) is 4. The highest BCUT2D eigenvalue weighted by Gasteiger charge is 2.34. The lowest BCUT2D eigenvalue weighted by molar-refractivity contribution is 0.397. The van der Waals surface area contributed by atoms with Crippen molar-refractivity contribution in [2.24, 2.45) is 5.92 Å². The summed E-state index contributed by atoms with van der Waals surface area (Å²) in [5, 5.41) is 22.4. The summed E-state index contributed by atoms with van der Waals surface area (Å²) < 4.78 is 29.6. The minimum atomic E-state index is -4.10. The molecule has 6 heteroatoms. The molecule has 2 atom stereocenters. The molecular formula is C27H35NO4S. The molecule has 0 radical (unpaired) electrons. The summed E-state index contributed by atoms with van der Waals surface area (Å²) in [7, 11) is -4.10. The summed E-state index contributed by atoms with van der Waals surface area (Å²) in [5.41, 5.74) is 3.19. The van der Waals surface area contributed by atoms with Crippen LogP contribution in [0.5, 0.6) is 11.5 Å². The fourth-order valence-corrected chi connectivity index (χ4v) is 6.12. The van der Waals surface area contributed by atoms with Gasteiger partial charge < -0.3 is 10.2 Å². The highest BCUT2D eigenvalue weighted by atomic mass is 32.2. The van der Waals surface area contributed by atoms with Crippen LogP contribution < -0.4 is 4.72 Å². The Labute approximate surface area is 197 Å². The number of benzene rings is 2. The normalized spacial score (nSPS) is 18.6. The first-order chi connectivity index (χ1) is 15.7. The molecule has 0 spiro atoms. The number of unbranched alkanes of at least 4 members (excludes halogenated alkanes) is 2. The highest BCUT2D eigenvalue weighted by molar-refractivity contribution is 7.92. The van der Waals surface area contributed by atoms with Crippen LogP contribution in [0.15, 0.2) is 65.1 Å². The van der Waals surface area contributed by atoms with E-state index in [1.165, 1.54) is 6.07 Å². The molecule has 2 aromatic carbocycles. The Bertz CT molecular complexity index is 1140. The molecule has 33 heavy (non-hydrogen) atoms. The molecule has 1 aliphatic carbocycles. The summed E-state index contributed by atoms with van der Waals surface area (Å²) in [6.45, 7) is 10.1. The Morgan fingerprint density at radius 3 is 2.52 bits per heavy atom. The van der Waals surface area contributed by atoms with E-state index < -0.39 is 10.0 Å². The molecular weight excluding hydrogens is 434 g/mol. The minimum absolute atomic E-state index is 0.00841. The molecule has 0 heterocycles. The number of allylic oxidation sites excluding steroid dienone is 3. The maximum atomic E-state index is 13.5. The minimum Gasteiger partial charge on any atom is -0.507 e. The lowest BCUT2D eigenvalue weighted by atomic mass is 9.73. The number of aryl methyl sites for hydroxylation is 1. The van der Waals surface area contributed by atoms with Crippen molar-refractivity contribution in [3.05, 3.63) is 71.3 Å². The molecule has 0 saturated carbocycles. The number of hydrogen-bond donors (Lipinski definition) is 3. The monoisotopic (exact) mass is 469 g/mol. The molecule has 0 fully saturated rings. The summed E-state index contributed by atoms with van der Waals surface area (Å²) in [4.78, 5) is -0.146. The molecule has 3 rings (SSSR count). The van der Waals surface area contributed by atoms with Crippen molar-refractivity contribution in [2.75, 3.05) is 4.72 Å². The summed E-state index contributed by atoms with van der Waals surface area (Å²) in [6.07, 6.45) is 6.89. The average molecular weight is 470 g/mol. The van der Waals surface area contributed by atoms with E-state index in [4.69, 9.17) is 0 Å². The number of para-hydroxylation sites is 1. The molecule has 0 saturated heterocycles. The van der Waals surface area contributed by atoms with Gasteiger partial charge in [-0.25, -0.2) is 8.42 Å². The SMILES string of the molecule is C=C(C)[C@@H]1CCC(C)=C[C@H]1c1c(O)cc(CCCCC)c(S(=O)(=O)Nc2ccccc2)c1O. The number of aromatic hydroxyl groups is 2. The Kier molecular flexibility index (Phi) is 7.90. The smallest absolute Gasteiger partial charge is 0.265 e. The maximum Gasteiger partial charge on any atom is 0.265 e. The van der Waals surface area contributed by atoms with Crippen LogP contribution in [0.3, 0.4) is 0 Å². The second-order valence-corrected chi connectivity index (χ2v) is 10.7. The first kappa shape index (κ1) is 24.9. The highest BCUT2D eigenvalue weighted by Crippen LogP contribution is 2.49. The van der Waals surface area contributed by atoms with Crippen LogP contribution in [0, 0.1) is 5.92 Å². The van der Waals surface area contributed by atoms with Gasteiger partial charge >= 0.3 is 0 Å². The molecule has 5 nitrogen and oxygen atoms in total. The summed E-state index contributed by atoms with van der Waals surface area (Å²) in [5.74, 6) is -0.771. The van der Waals surface area contributed by atoms with Gasteiger partial charge in [-0.3, -0.25) is 4.72 Å². The molecule has 0 aliphatic heterocycles. The summed E-state index contributed by atoms with van der Waals surface area (Å²) >= 11 is 0. The Balaban J connectivity index is 2.19. The number of anilines is 1. The number of rotatable bonds is 9. The quantitative estimate of drug-likeness (QED) is 0.283. The molecule has 3 N–H and O–H groups in total. The van der Waals surface area contributed by atoms with Crippen molar-refractivity contribution >= 4 is 15.7 Å². The Hall–Kier alpha value is -2.73. The van der Waals surface area contributed by atoms with Crippen molar-refractivity contribution in [3.63, 3.8) is 0 Å². The van der Waals surface area contributed by atoms with E-state index in [9.17, 15) is 18.6 Å². The number of phenolic OH excluding ortho intramolecular Hbond substituents is 2. The maximum absolute atomic E-state index is 13.5. The van der Waals surface area contributed by atoms with E-state index in [2.05, 4.69) is 18.2 Å². The lowest BCUT2D eigenvalue weighted by Gasteiger charge is -2.32. The van der Waals surface area contributed by atoms with E-state index in [-0.39, 0.29) is 33.8 Å². The van der Waals surface area contributed by atoms with E-state index in [1.54, 1.807) is 30.3 Å². The fraction of sp³-hybridized carbons (Fsp3) is 0.407. The van der Waals surface area contributed by atoms with Gasteiger partial charge in [-0.05, 0) is 69.2 Å². The molecule has 1 aliphatic rings. The second kappa shape index (κ2) is 10.5. The Morgan fingerprint density at radius 2 is 1.88 bits per heavy atom. The second-order valence-electron chi connectivity index (χ2n) is 9.11. The molecule has 0 bridgehead atoms. The number of phenols is 2. The molecule has 178 valence electrons. The Morgan fingerprint density at radius 1 is 1.18 bits per heavy atom. The average Bonchev–Trinajstić information content (AvgIpc) is 2.73. The van der Waals surface area contributed by atoms with Crippen LogP contribution in [0.4, 0.5) is 5.69 Å². The van der Waals surface area contributed by atoms with Crippen LogP contribution >= 0.6 is 0 Å². The number of sulfonamides is 1. The molecule has 0 unspecified atom stereocenters. The van der Waals surface area contributed by atoms with Crippen molar-refractivity contribution < 1.29 is 18.6 Å². The van der Waals surface area contributed by atoms with Crippen molar-refractivity contribution in [1.82, 2.24) is 0 Å². The van der Waals surface area contributed by atoms with Crippen LogP contribution in [-0.2, 0) is 16.4 Å². The van der Waals surface area contributed by atoms with Gasteiger partial charge in [0.05, 0.1) is 0 Å². The van der Waals surface area contributed by atoms with Gasteiger partial charge in [-0.1, -0.05) is 61.8 Å². The van der Waals surface area contributed by atoms with Crippen molar-refractivity contribution in [3.8, 4) is 11.5 Å². The van der Waals surface area contributed by atoms with Crippen LogP contribution in [0.1, 0.15) is 69.9 Å². The summed E-state index contributed by atoms with van der Waals surface area (Å²) in [6, 6.07) is 10.1. The standard InChI is InChI=1S/C27H35NO4S/c1-5-6-8-11-20-17-24(29)25(23-16-19(4)14-15-22(23)18(2)3)26(30)27(20)33(31,32)28-21-12-9-7-10-13-21/h7,9-10,12-13,16-17,22-23,28-30H,2,5-6,8,11,14-15H2,1,3-4H3/t22-,23+/m0/s1. The topological polar surface area (TPSA) is 86.6 Å². The zero-order valence-corrected chi connectivity index (χ0v) is 20.6. The van der Waals surface area contributed by atoms with Gasteiger partial charge in [0.15, 0.2) is 0 Å². The fourth-order valence-electron chi connectivity index (χ4n) is 4.70. The van der Waals surface area contributed by atoms with E-state index in [1.807, 2.05) is 19.9 Å². The first-order valence-corrected chi connectivity index (χ1v) is 13.1. The van der Waals surface area contributed by atoms with Gasteiger partial charge in [-0.15, -0.1) is 0 Å². The van der Waals surface area contributed by atoms with Crippen LogP contribution in [0.25, 0.3) is 0 Å². The van der Waals surface area contributed by atoms with Gasteiger partial charge in [0.25, 0.3) is 10.0 Å². The van der Waals surface area contributed by atoms with E-state index in [0.717, 1.165) is 43.3 Å². The third kappa shape index (κ3) is 5.61. The third-order valence-corrected chi connectivity index (χ3v) is 7.90. The van der Waals surface area contributed by atoms with E-state index >= 15 is 0 Å². The van der Waals surface area contributed by atoms with E-state index in [0.29, 0.717) is 17.7 Å². The van der Waals surface area contributed by atoms with Crippen LogP contribution in [0.2, 0.25) is 0 Å². The predicted octanol–water partition coefficient (Wildman–Crippen LogP) is 6.65. The zero-order valence-electron chi connectivity index (χ0n) is 19.8. The molecule has 0 amide bonds. The zero-order chi connectivity index (χ0) is 24.2. The van der Waals surface area contributed by atoms with Gasteiger partial charge in [0.1, 0.15) is 16.4 Å².